The molecule has 0 saturated carbocycles. The van der Waals surface area contributed by atoms with E-state index in [0.29, 0.717) is 13.1 Å². The van der Waals surface area contributed by atoms with Gasteiger partial charge in [-0.3, -0.25) is 10.00 Å². The number of H-pyrrole nitrogens is 1. The average molecular weight is 366 g/mol. The van der Waals surface area contributed by atoms with Crippen molar-refractivity contribution in [2.45, 2.75) is 38.4 Å². The van der Waals surface area contributed by atoms with Gasteiger partial charge in [-0.2, -0.15) is 18.3 Å². The molecule has 140 valence electrons. The lowest BCUT2D eigenvalue weighted by Gasteiger charge is -2.34. The molecule has 26 heavy (non-hydrogen) atoms. The number of aryl methyl sites for hydroxylation is 1. The van der Waals surface area contributed by atoms with E-state index in [4.69, 9.17) is 0 Å². The third kappa shape index (κ3) is 3.53. The highest BCUT2D eigenvalue weighted by Crippen LogP contribution is 2.28. The Labute approximate surface area is 149 Å². The standard InChI is InChI=1S/C17H21F3N6/c18-17(19,20)15-5-6-21-16(22-15)26-9-7-25(8-10-26)11-14-12-3-1-2-4-13(12)23-24-14/h5-6H,1-4,7-11H2,(H,23,24). The van der Waals surface area contributed by atoms with Gasteiger partial charge in [0.05, 0.1) is 5.69 Å². The molecule has 0 unspecified atom stereocenters. The minimum absolute atomic E-state index is 0.150. The molecule has 6 nitrogen and oxygen atoms in total. The zero-order valence-corrected chi connectivity index (χ0v) is 14.4. The number of hydrogen-bond donors (Lipinski definition) is 1. The Kier molecular flexibility index (Phi) is 4.56. The van der Waals surface area contributed by atoms with E-state index in [9.17, 15) is 13.2 Å². The number of aromatic amines is 1. The molecule has 0 atom stereocenters. The van der Waals surface area contributed by atoms with Crippen LogP contribution in [0.2, 0.25) is 0 Å². The molecule has 0 aromatic carbocycles. The van der Waals surface area contributed by atoms with Crippen molar-refractivity contribution in [3.8, 4) is 0 Å². The fraction of sp³-hybridized carbons (Fsp3) is 0.588. The number of hydrogen-bond acceptors (Lipinski definition) is 5. The normalized spacial score (nSPS) is 18.8. The first-order chi connectivity index (χ1) is 12.5. The van der Waals surface area contributed by atoms with Gasteiger partial charge in [-0.1, -0.05) is 0 Å². The van der Waals surface area contributed by atoms with Crippen molar-refractivity contribution in [2.24, 2.45) is 0 Å². The maximum atomic E-state index is 12.8. The van der Waals surface area contributed by atoms with Gasteiger partial charge in [-0.25, -0.2) is 9.97 Å². The number of fused-ring (bicyclic) bond motifs is 1. The predicted molar refractivity (Wildman–Crippen MR) is 89.8 cm³/mol. The molecule has 4 rings (SSSR count). The minimum Gasteiger partial charge on any atom is -0.338 e. The average Bonchev–Trinajstić information content (AvgIpc) is 3.05. The molecule has 0 spiro atoms. The third-order valence-corrected chi connectivity index (χ3v) is 5.10. The summed E-state index contributed by atoms with van der Waals surface area (Å²) in [5.41, 5.74) is 2.85. The lowest BCUT2D eigenvalue weighted by molar-refractivity contribution is -0.141. The van der Waals surface area contributed by atoms with Crippen molar-refractivity contribution in [3.63, 3.8) is 0 Å². The van der Waals surface area contributed by atoms with E-state index < -0.39 is 11.9 Å². The second-order valence-corrected chi connectivity index (χ2v) is 6.84. The number of piperazine rings is 1. The zero-order chi connectivity index (χ0) is 18.1. The summed E-state index contributed by atoms with van der Waals surface area (Å²) in [5, 5.41) is 7.63. The molecular weight excluding hydrogens is 345 g/mol. The number of halogens is 3. The lowest BCUT2D eigenvalue weighted by atomic mass is 9.96. The third-order valence-electron chi connectivity index (χ3n) is 5.10. The van der Waals surface area contributed by atoms with E-state index in [1.165, 1.54) is 30.3 Å². The monoisotopic (exact) mass is 366 g/mol. The van der Waals surface area contributed by atoms with E-state index in [0.717, 1.165) is 44.2 Å². The summed E-state index contributed by atoms with van der Waals surface area (Å²) < 4.78 is 38.5. The summed E-state index contributed by atoms with van der Waals surface area (Å²) in [7, 11) is 0. The van der Waals surface area contributed by atoms with E-state index in [1.54, 1.807) is 0 Å². The predicted octanol–water partition coefficient (Wildman–Crippen LogP) is 2.42. The van der Waals surface area contributed by atoms with Crippen LogP contribution in [0.4, 0.5) is 19.1 Å². The number of alkyl halides is 3. The summed E-state index contributed by atoms with van der Waals surface area (Å²) in [4.78, 5) is 11.8. The molecule has 2 aromatic heterocycles. The van der Waals surface area contributed by atoms with Gasteiger partial charge in [-0.15, -0.1) is 0 Å². The zero-order valence-electron chi connectivity index (χ0n) is 14.4. The molecule has 0 bridgehead atoms. The topological polar surface area (TPSA) is 60.9 Å². The first-order valence-corrected chi connectivity index (χ1v) is 8.93. The summed E-state index contributed by atoms with van der Waals surface area (Å²) in [6, 6.07) is 0.903. The molecule has 1 saturated heterocycles. The number of anilines is 1. The van der Waals surface area contributed by atoms with Crippen LogP contribution in [-0.4, -0.2) is 51.2 Å². The van der Waals surface area contributed by atoms with Crippen molar-refractivity contribution in [1.29, 1.82) is 0 Å². The highest BCUT2D eigenvalue weighted by Gasteiger charge is 2.33. The quantitative estimate of drug-likeness (QED) is 0.904. The maximum absolute atomic E-state index is 12.8. The summed E-state index contributed by atoms with van der Waals surface area (Å²) in [6.07, 6.45) is 1.30. The van der Waals surface area contributed by atoms with E-state index in [-0.39, 0.29) is 5.95 Å². The highest BCUT2D eigenvalue weighted by molar-refractivity contribution is 5.32. The van der Waals surface area contributed by atoms with Gasteiger partial charge in [-0.05, 0) is 37.3 Å². The van der Waals surface area contributed by atoms with Crippen LogP contribution in [0.15, 0.2) is 12.3 Å². The van der Waals surface area contributed by atoms with E-state index in [1.807, 2.05) is 4.90 Å². The molecule has 2 aliphatic rings. The van der Waals surface area contributed by atoms with E-state index in [2.05, 4.69) is 25.1 Å². The molecular formula is C17H21F3N6. The molecule has 9 heteroatoms. The van der Waals surface area contributed by atoms with Crippen LogP contribution in [-0.2, 0) is 25.6 Å². The highest BCUT2D eigenvalue weighted by atomic mass is 19.4. The molecule has 1 fully saturated rings. The Hall–Kier alpha value is -2.16. The van der Waals surface area contributed by atoms with Gasteiger partial charge in [0.1, 0.15) is 5.69 Å². The number of nitrogens with one attached hydrogen (secondary N) is 1. The smallest absolute Gasteiger partial charge is 0.338 e. The Morgan fingerprint density at radius 1 is 1.08 bits per heavy atom. The van der Waals surface area contributed by atoms with Crippen LogP contribution in [0.5, 0.6) is 0 Å². The number of rotatable bonds is 3. The summed E-state index contributed by atoms with van der Waals surface area (Å²) in [6.45, 7) is 3.49. The molecule has 0 amide bonds. The summed E-state index contributed by atoms with van der Waals surface area (Å²) in [5.74, 6) is 0.150. The fourth-order valence-electron chi connectivity index (χ4n) is 3.66. The van der Waals surface area contributed by atoms with Crippen LogP contribution in [0.25, 0.3) is 0 Å². The fourth-order valence-corrected chi connectivity index (χ4v) is 3.66. The van der Waals surface area contributed by atoms with E-state index >= 15 is 0 Å². The summed E-state index contributed by atoms with van der Waals surface area (Å²) >= 11 is 0. The van der Waals surface area contributed by atoms with Crippen LogP contribution in [0.3, 0.4) is 0 Å². The lowest BCUT2D eigenvalue weighted by Crippen LogP contribution is -2.46. The molecule has 3 heterocycles. The van der Waals surface area contributed by atoms with Crippen LogP contribution in [0.1, 0.15) is 35.5 Å². The van der Waals surface area contributed by atoms with Crippen LogP contribution >= 0.6 is 0 Å². The second-order valence-electron chi connectivity index (χ2n) is 6.84. The van der Waals surface area contributed by atoms with Gasteiger partial charge in [0.15, 0.2) is 0 Å². The van der Waals surface area contributed by atoms with Gasteiger partial charge in [0.2, 0.25) is 5.95 Å². The van der Waals surface area contributed by atoms with Gasteiger partial charge in [0, 0.05) is 44.6 Å². The largest absolute Gasteiger partial charge is 0.433 e. The second kappa shape index (κ2) is 6.86. The molecule has 1 N–H and O–H groups in total. The van der Waals surface area contributed by atoms with Crippen LogP contribution in [0, 0.1) is 0 Å². The Balaban J connectivity index is 1.38. The van der Waals surface area contributed by atoms with Crippen molar-refractivity contribution >= 4 is 5.95 Å². The molecule has 2 aromatic rings. The van der Waals surface area contributed by atoms with Crippen molar-refractivity contribution in [2.75, 3.05) is 31.1 Å². The van der Waals surface area contributed by atoms with Crippen molar-refractivity contribution in [1.82, 2.24) is 25.1 Å². The SMILES string of the molecule is FC(F)(F)c1ccnc(N2CCN(Cc3n[nH]c4c3CCCC4)CC2)n1. The van der Waals surface area contributed by atoms with Crippen molar-refractivity contribution in [3.05, 3.63) is 34.9 Å². The van der Waals surface area contributed by atoms with Crippen LogP contribution < -0.4 is 4.90 Å². The first-order valence-electron chi connectivity index (χ1n) is 8.93. The molecule has 1 aliphatic carbocycles. The Bertz CT molecular complexity index is 764. The number of nitrogens with zero attached hydrogens (tertiary/aromatic N) is 5. The van der Waals surface area contributed by atoms with Crippen molar-refractivity contribution < 1.29 is 13.2 Å². The van der Waals surface area contributed by atoms with Gasteiger partial charge >= 0.3 is 6.18 Å². The maximum Gasteiger partial charge on any atom is 0.433 e. The Morgan fingerprint density at radius 2 is 1.85 bits per heavy atom. The minimum atomic E-state index is -4.45. The number of aromatic nitrogens is 4. The molecule has 0 radical (unpaired) electrons. The first kappa shape index (κ1) is 17.3. The van der Waals surface area contributed by atoms with Gasteiger partial charge < -0.3 is 4.90 Å². The molecule has 1 aliphatic heterocycles. The van der Waals surface area contributed by atoms with Gasteiger partial charge in [0.25, 0.3) is 0 Å². The Morgan fingerprint density at radius 3 is 2.62 bits per heavy atom.